The Morgan fingerprint density at radius 2 is 2.10 bits per heavy atom. The van der Waals surface area contributed by atoms with Gasteiger partial charge in [-0.15, -0.1) is 0 Å². The molecule has 21 heavy (non-hydrogen) atoms. The van der Waals surface area contributed by atoms with Crippen molar-refractivity contribution in [2.75, 3.05) is 0 Å². The Morgan fingerprint density at radius 1 is 1.29 bits per heavy atom. The molecule has 1 aromatic carbocycles. The van der Waals surface area contributed by atoms with Crippen LogP contribution < -0.4 is 5.73 Å². The first-order chi connectivity index (χ1) is 10.3. The monoisotopic (exact) mass is 285 g/mol. The molecule has 1 fully saturated rings. The molecule has 0 aliphatic heterocycles. The quantitative estimate of drug-likeness (QED) is 0.928. The zero-order valence-electron chi connectivity index (χ0n) is 12.5. The molecule has 0 spiro atoms. The van der Waals surface area contributed by atoms with Crippen molar-refractivity contribution in [2.45, 2.75) is 51.0 Å². The van der Waals surface area contributed by atoms with Crippen LogP contribution in [-0.4, -0.2) is 10.1 Å². The lowest BCUT2D eigenvalue weighted by Crippen LogP contribution is -2.15. The summed E-state index contributed by atoms with van der Waals surface area (Å²) in [5.41, 5.74) is 7.22. The van der Waals surface area contributed by atoms with E-state index >= 15 is 0 Å². The summed E-state index contributed by atoms with van der Waals surface area (Å²) in [6.45, 7) is 2.26. The summed E-state index contributed by atoms with van der Waals surface area (Å²) in [5, 5.41) is 4.19. The van der Waals surface area contributed by atoms with Crippen molar-refractivity contribution >= 4 is 0 Å². The molecule has 1 aliphatic rings. The first-order valence-corrected chi connectivity index (χ1v) is 7.92. The predicted molar refractivity (Wildman–Crippen MR) is 81.8 cm³/mol. The van der Waals surface area contributed by atoms with Crippen molar-refractivity contribution in [1.29, 1.82) is 0 Å². The summed E-state index contributed by atoms with van der Waals surface area (Å²) in [4.78, 5) is 4.58. The molecule has 0 radical (unpaired) electrons. The normalized spacial score (nSPS) is 23.9. The van der Waals surface area contributed by atoms with Gasteiger partial charge in [-0.2, -0.15) is 4.98 Å². The first-order valence-electron chi connectivity index (χ1n) is 7.92. The molecule has 4 heteroatoms. The fourth-order valence-electron chi connectivity index (χ4n) is 3.24. The minimum atomic E-state index is -0.335. The molecule has 112 valence electrons. The Labute approximate surface area is 125 Å². The van der Waals surface area contributed by atoms with Crippen LogP contribution >= 0.6 is 0 Å². The first kappa shape index (κ1) is 14.3. The second kappa shape index (κ2) is 6.39. The van der Waals surface area contributed by atoms with Crippen LogP contribution in [0.3, 0.4) is 0 Å². The molecule has 1 aromatic heterocycles. The van der Waals surface area contributed by atoms with E-state index in [0.29, 0.717) is 11.8 Å². The maximum Gasteiger partial charge on any atom is 0.248 e. The summed E-state index contributed by atoms with van der Waals surface area (Å²) in [5.74, 6) is 2.60. The van der Waals surface area contributed by atoms with Crippen molar-refractivity contribution < 1.29 is 4.52 Å². The maximum absolute atomic E-state index is 6.22. The molecule has 2 aromatic rings. The van der Waals surface area contributed by atoms with Gasteiger partial charge in [-0.3, -0.25) is 0 Å². The fraction of sp³-hybridized carbons (Fsp3) is 0.529. The topological polar surface area (TPSA) is 64.9 Å². The summed E-state index contributed by atoms with van der Waals surface area (Å²) in [6.07, 6.45) is 6.18. The number of hydrogen-bond acceptors (Lipinski definition) is 4. The third-order valence-corrected chi connectivity index (χ3v) is 4.61. The van der Waals surface area contributed by atoms with E-state index in [1.54, 1.807) is 0 Å². The van der Waals surface area contributed by atoms with E-state index in [9.17, 15) is 0 Å². The highest BCUT2D eigenvalue weighted by molar-refractivity contribution is 5.23. The second-order valence-electron chi connectivity index (χ2n) is 6.02. The summed E-state index contributed by atoms with van der Waals surface area (Å²) in [7, 11) is 0. The zero-order chi connectivity index (χ0) is 14.7. The van der Waals surface area contributed by atoms with Crippen LogP contribution in [0.5, 0.6) is 0 Å². The van der Waals surface area contributed by atoms with Crippen LogP contribution in [0.2, 0.25) is 0 Å². The van der Waals surface area contributed by atoms with Gasteiger partial charge in [-0.05, 0) is 24.3 Å². The van der Waals surface area contributed by atoms with Crippen molar-refractivity contribution in [1.82, 2.24) is 10.1 Å². The zero-order valence-corrected chi connectivity index (χ0v) is 12.5. The molecule has 0 amide bonds. The van der Waals surface area contributed by atoms with Gasteiger partial charge in [0.1, 0.15) is 6.04 Å². The molecule has 1 heterocycles. The number of nitrogens with zero attached hydrogens (tertiary/aromatic N) is 2. The standard InChI is InChI=1S/C17H23N3O/c1-2-12-7-6-10-14(11-12)16-19-17(21-20-16)15(18)13-8-4-3-5-9-13/h3-5,8-9,12,14-15H,2,6-7,10-11,18H2,1H3/t12?,14?,15-/m0/s1. The highest BCUT2D eigenvalue weighted by atomic mass is 16.5. The molecule has 2 N–H and O–H groups in total. The Morgan fingerprint density at radius 3 is 2.86 bits per heavy atom. The van der Waals surface area contributed by atoms with Crippen molar-refractivity contribution in [3.8, 4) is 0 Å². The van der Waals surface area contributed by atoms with Gasteiger partial charge in [-0.1, -0.05) is 61.7 Å². The number of hydrogen-bond donors (Lipinski definition) is 1. The number of rotatable bonds is 4. The molecule has 0 bridgehead atoms. The summed E-state index contributed by atoms with van der Waals surface area (Å²) in [6, 6.07) is 9.56. The Kier molecular flexibility index (Phi) is 4.34. The van der Waals surface area contributed by atoms with Gasteiger partial charge in [0.2, 0.25) is 5.89 Å². The van der Waals surface area contributed by atoms with Crippen LogP contribution in [0.25, 0.3) is 0 Å². The van der Waals surface area contributed by atoms with Crippen LogP contribution in [0.15, 0.2) is 34.9 Å². The minimum absolute atomic E-state index is 0.335. The van der Waals surface area contributed by atoms with Gasteiger partial charge in [0.05, 0.1) is 0 Å². The molecule has 3 atom stereocenters. The lowest BCUT2D eigenvalue weighted by Gasteiger charge is -2.26. The van der Waals surface area contributed by atoms with E-state index in [-0.39, 0.29) is 6.04 Å². The predicted octanol–water partition coefficient (Wildman–Crippen LogP) is 3.80. The van der Waals surface area contributed by atoms with Crippen LogP contribution in [0.4, 0.5) is 0 Å². The minimum Gasteiger partial charge on any atom is -0.337 e. The maximum atomic E-state index is 6.22. The summed E-state index contributed by atoms with van der Waals surface area (Å²) >= 11 is 0. The van der Waals surface area contributed by atoms with Gasteiger partial charge >= 0.3 is 0 Å². The highest BCUT2D eigenvalue weighted by Crippen LogP contribution is 2.36. The smallest absolute Gasteiger partial charge is 0.248 e. The third kappa shape index (κ3) is 3.16. The van der Waals surface area contributed by atoms with Crippen LogP contribution in [-0.2, 0) is 0 Å². The van der Waals surface area contributed by atoms with Crippen LogP contribution in [0.1, 0.15) is 68.3 Å². The largest absolute Gasteiger partial charge is 0.337 e. The van der Waals surface area contributed by atoms with Crippen LogP contribution in [0, 0.1) is 5.92 Å². The van der Waals surface area contributed by atoms with Gasteiger partial charge in [0.25, 0.3) is 0 Å². The number of aromatic nitrogens is 2. The fourth-order valence-corrected chi connectivity index (χ4v) is 3.24. The lowest BCUT2D eigenvalue weighted by molar-refractivity contribution is 0.297. The number of nitrogens with two attached hydrogens (primary N) is 1. The molecule has 3 rings (SSSR count). The Bertz CT molecular complexity index is 566. The molecular formula is C17H23N3O. The van der Waals surface area contributed by atoms with E-state index < -0.39 is 0 Å². The van der Waals surface area contributed by atoms with E-state index in [4.69, 9.17) is 10.3 Å². The molecule has 2 unspecified atom stereocenters. The van der Waals surface area contributed by atoms with Gasteiger partial charge in [-0.25, -0.2) is 0 Å². The van der Waals surface area contributed by atoms with E-state index in [2.05, 4.69) is 17.1 Å². The van der Waals surface area contributed by atoms with E-state index in [1.807, 2.05) is 30.3 Å². The van der Waals surface area contributed by atoms with Gasteiger partial charge in [0.15, 0.2) is 5.82 Å². The average Bonchev–Trinajstić information content (AvgIpc) is 3.05. The number of benzene rings is 1. The van der Waals surface area contributed by atoms with E-state index in [0.717, 1.165) is 23.7 Å². The van der Waals surface area contributed by atoms with E-state index in [1.165, 1.54) is 25.7 Å². The van der Waals surface area contributed by atoms with Gasteiger partial charge < -0.3 is 10.3 Å². The Hall–Kier alpha value is -1.68. The van der Waals surface area contributed by atoms with Crippen molar-refractivity contribution in [3.05, 3.63) is 47.6 Å². The molecule has 4 nitrogen and oxygen atoms in total. The second-order valence-corrected chi connectivity index (χ2v) is 6.02. The van der Waals surface area contributed by atoms with Gasteiger partial charge in [0, 0.05) is 5.92 Å². The Balaban J connectivity index is 1.74. The highest BCUT2D eigenvalue weighted by Gasteiger charge is 2.27. The molecular weight excluding hydrogens is 262 g/mol. The lowest BCUT2D eigenvalue weighted by atomic mass is 9.80. The molecule has 0 saturated heterocycles. The SMILES string of the molecule is CCC1CCCC(c2noc([C@@H](N)c3ccccc3)n2)C1. The third-order valence-electron chi connectivity index (χ3n) is 4.61. The molecule has 1 saturated carbocycles. The molecule has 1 aliphatic carbocycles. The van der Waals surface area contributed by atoms with Crippen molar-refractivity contribution in [2.24, 2.45) is 11.7 Å². The van der Waals surface area contributed by atoms with Crippen molar-refractivity contribution in [3.63, 3.8) is 0 Å². The summed E-state index contributed by atoms with van der Waals surface area (Å²) < 4.78 is 5.42. The average molecular weight is 285 g/mol.